The number of piperidine rings is 1. The number of rotatable bonds is 3. The molecule has 21 heavy (non-hydrogen) atoms. The van der Waals surface area contributed by atoms with Crippen LogP contribution in [0.15, 0.2) is 27.4 Å². The van der Waals surface area contributed by atoms with Crippen molar-refractivity contribution in [1.82, 2.24) is 9.88 Å². The molecule has 1 saturated heterocycles. The second-order valence-corrected chi connectivity index (χ2v) is 5.92. The minimum atomic E-state index is -0.371. The number of benzene rings is 1. The fourth-order valence-electron chi connectivity index (χ4n) is 2.99. The summed E-state index contributed by atoms with van der Waals surface area (Å²) in [5, 5.41) is 3.25. The van der Waals surface area contributed by atoms with Crippen LogP contribution in [0.5, 0.6) is 0 Å². The second-order valence-electron chi connectivity index (χ2n) is 5.92. The van der Waals surface area contributed by atoms with Crippen molar-refractivity contribution in [3.63, 3.8) is 0 Å². The zero-order valence-corrected chi connectivity index (χ0v) is 12.4. The molecule has 1 aliphatic rings. The van der Waals surface area contributed by atoms with E-state index in [1.165, 1.54) is 0 Å². The molecule has 0 spiro atoms. The molecule has 0 bridgehead atoms. The van der Waals surface area contributed by atoms with Crippen LogP contribution in [0.25, 0.3) is 11.1 Å². The molecule has 1 aromatic carbocycles. The highest BCUT2D eigenvalue weighted by Gasteiger charge is 2.23. The lowest BCUT2D eigenvalue weighted by Crippen LogP contribution is -2.34. The number of hydrogen-bond donors (Lipinski definition) is 1. The first kappa shape index (κ1) is 14.1. The fourth-order valence-corrected chi connectivity index (χ4v) is 2.99. The fraction of sp³-hybridized carbons (Fsp3) is 0.500. The van der Waals surface area contributed by atoms with Gasteiger partial charge < -0.3 is 9.73 Å². The smallest absolute Gasteiger partial charge is 0.408 e. The van der Waals surface area contributed by atoms with Gasteiger partial charge in [0.25, 0.3) is 0 Å². The third-order valence-electron chi connectivity index (χ3n) is 4.08. The number of Topliss-reactive ketones (excluding diaryl/α,β-unsaturated/α-hetero) is 1. The predicted molar refractivity (Wildman–Crippen MR) is 80.8 cm³/mol. The average Bonchev–Trinajstić information content (AvgIpc) is 2.82. The maximum atomic E-state index is 12.5. The Morgan fingerprint density at radius 3 is 2.90 bits per heavy atom. The number of hydrogen-bond acceptors (Lipinski definition) is 4. The van der Waals surface area contributed by atoms with E-state index in [0.717, 1.165) is 31.4 Å². The summed E-state index contributed by atoms with van der Waals surface area (Å²) >= 11 is 0. The Hall–Kier alpha value is -1.88. The Labute approximate surface area is 122 Å². The molecule has 5 heteroatoms. The highest BCUT2D eigenvalue weighted by atomic mass is 16.4. The molecule has 1 aromatic heterocycles. The molecule has 0 saturated carbocycles. The van der Waals surface area contributed by atoms with Gasteiger partial charge in [0, 0.05) is 24.1 Å². The van der Waals surface area contributed by atoms with Gasteiger partial charge in [0.15, 0.2) is 11.4 Å². The normalized spacial score (nSPS) is 19.3. The molecule has 3 rings (SSSR count). The Morgan fingerprint density at radius 1 is 1.43 bits per heavy atom. The summed E-state index contributed by atoms with van der Waals surface area (Å²) < 4.78 is 6.88. The van der Waals surface area contributed by atoms with Crippen LogP contribution < -0.4 is 11.1 Å². The van der Waals surface area contributed by atoms with Gasteiger partial charge in [0.1, 0.15) is 0 Å². The van der Waals surface area contributed by atoms with E-state index in [-0.39, 0.29) is 23.5 Å². The lowest BCUT2D eigenvalue weighted by Gasteiger charge is -2.21. The zero-order valence-electron chi connectivity index (χ0n) is 12.4. The molecule has 2 aromatic rings. The van der Waals surface area contributed by atoms with Crippen molar-refractivity contribution in [3.05, 3.63) is 34.3 Å². The molecule has 0 radical (unpaired) electrons. The van der Waals surface area contributed by atoms with E-state index in [2.05, 4.69) is 5.32 Å². The first-order valence-corrected chi connectivity index (χ1v) is 7.48. The summed E-state index contributed by atoms with van der Waals surface area (Å²) in [6.45, 7) is 5.58. The first-order valence-electron chi connectivity index (χ1n) is 7.48. The van der Waals surface area contributed by atoms with Crippen LogP contribution in [0, 0.1) is 5.92 Å². The van der Waals surface area contributed by atoms with Gasteiger partial charge in [-0.05, 0) is 51.4 Å². The van der Waals surface area contributed by atoms with Gasteiger partial charge in [-0.2, -0.15) is 0 Å². The summed E-state index contributed by atoms with van der Waals surface area (Å²) in [5.41, 5.74) is 1.86. The molecule has 0 amide bonds. The summed E-state index contributed by atoms with van der Waals surface area (Å²) in [7, 11) is 0. The monoisotopic (exact) mass is 288 g/mol. The van der Waals surface area contributed by atoms with Crippen molar-refractivity contribution in [1.29, 1.82) is 0 Å². The van der Waals surface area contributed by atoms with Gasteiger partial charge >= 0.3 is 5.76 Å². The van der Waals surface area contributed by atoms with Crippen molar-refractivity contribution in [2.75, 3.05) is 13.1 Å². The predicted octanol–water partition coefficient (Wildman–Crippen LogP) is 2.36. The van der Waals surface area contributed by atoms with E-state index in [0.29, 0.717) is 11.1 Å². The number of nitrogens with one attached hydrogen (secondary N) is 1. The first-order chi connectivity index (χ1) is 10.1. The summed E-state index contributed by atoms with van der Waals surface area (Å²) in [4.78, 5) is 24.4. The minimum Gasteiger partial charge on any atom is -0.408 e. The molecule has 1 fully saturated rings. The molecule has 1 aliphatic heterocycles. The Balaban J connectivity index is 1.98. The van der Waals surface area contributed by atoms with Crippen molar-refractivity contribution in [2.45, 2.75) is 32.7 Å². The molecule has 1 atom stereocenters. The van der Waals surface area contributed by atoms with Crippen LogP contribution >= 0.6 is 0 Å². The van der Waals surface area contributed by atoms with E-state index < -0.39 is 0 Å². The number of aromatic nitrogens is 1. The molecule has 112 valence electrons. The van der Waals surface area contributed by atoms with Crippen molar-refractivity contribution >= 4 is 16.9 Å². The number of fused-ring (bicyclic) bond motifs is 1. The van der Waals surface area contributed by atoms with Gasteiger partial charge in [-0.15, -0.1) is 0 Å². The van der Waals surface area contributed by atoms with Crippen LogP contribution in [0.1, 0.15) is 43.1 Å². The number of nitrogens with zero attached hydrogens (tertiary/aromatic N) is 1. The molecule has 2 heterocycles. The largest absolute Gasteiger partial charge is 0.420 e. The van der Waals surface area contributed by atoms with Crippen LogP contribution in [-0.2, 0) is 0 Å². The Morgan fingerprint density at radius 2 is 2.24 bits per heavy atom. The molecule has 0 aliphatic carbocycles. The third-order valence-corrected chi connectivity index (χ3v) is 4.08. The quantitative estimate of drug-likeness (QED) is 0.881. The third kappa shape index (κ3) is 2.53. The van der Waals surface area contributed by atoms with E-state index in [1.54, 1.807) is 16.7 Å². The van der Waals surface area contributed by atoms with E-state index in [4.69, 9.17) is 4.42 Å². The number of carbonyl (C=O) groups is 1. The molecule has 5 nitrogen and oxygen atoms in total. The lowest BCUT2D eigenvalue weighted by atomic mass is 9.91. The van der Waals surface area contributed by atoms with Crippen molar-refractivity contribution in [2.24, 2.45) is 5.92 Å². The maximum absolute atomic E-state index is 12.5. The Bertz CT molecular complexity index is 721. The van der Waals surface area contributed by atoms with E-state index >= 15 is 0 Å². The van der Waals surface area contributed by atoms with E-state index in [1.807, 2.05) is 19.9 Å². The highest BCUT2D eigenvalue weighted by Crippen LogP contribution is 2.22. The highest BCUT2D eigenvalue weighted by molar-refractivity contribution is 6.00. The Kier molecular flexibility index (Phi) is 3.68. The summed E-state index contributed by atoms with van der Waals surface area (Å²) in [5.74, 6) is -0.219. The summed E-state index contributed by atoms with van der Waals surface area (Å²) in [6.07, 6.45) is 1.94. The minimum absolute atomic E-state index is 0.0232. The topological polar surface area (TPSA) is 64.2 Å². The molecular weight excluding hydrogens is 268 g/mol. The number of oxazole rings is 1. The van der Waals surface area contributed by atoms with Gasteiger partial charge in [-0.3, -0.25) is 9.36 Å². The van der Waals surface area contributed by atoms with Gasteiger partial charge in [-0.25, -0.2) is 4.79 Å². The molecule has 1 unspecified atom stereocenters. The van der Waals surface area contributed by atoms with E-state index in [9.17, 15) is 9.59 Å². The van der Waals surface area contributed by atoms with Crippen molar-refractivity contribution < 1.29 is 9.21 Å². The van der Waals surface area contributed by atoms with Crippen LogP contribution in [-0.4, -0.2) is 23.4 Å². The molecular formula is C16H20N2O3. The van der Waals surface area contributed by atoms with Crippen molar-refractivity contribution in [3.8, 4) is 0 Å². The number of carbonyl (C=O) groups excluding carboxylic acids is 1. The SMILES string of the molecule is CC(C)n1c(=O)oc2cc(C(=O)C3CCCNC3)ccc21. The van der Waals surface area contributed by atoms with Crippen LogP contribution in [0.2, 0.25) is 0 Å². The second kappa shape index (κ2) is 5.48. The molecule has 1 N–H and O–H groups in total. The average molecular weight is 288 g/mol. The summed E-state index contributed by atoms with van der Waals surface area (Å²) in [6, 6.07) is 5.34. The van der Waals surface area contributed by atoms with Gasteiger partial charge in [-0.1, -0.05) is 0 Å². The standard InChI is InChI=1S/C16H20N2O3/c1-10(2)18-13-6-5-11(8-14(13)21-16(18)20)15(19)12-4-3-7-17-9-12/h5-6,8,10,12,17H,3-4,7,9H2,1-2H3. The van der Waals surface area contributed by atoms with Crippen LogP contribution in [0.4, 0.5) is 0 Å². The van der Waals surface area contributed by atoms with Crippen LogP contribution in [0.3, 0.4) is 0 Å². The van der Waals surface area contributed by atoms with Gasteiger partial charge in [0.2, 0.25) is 0 Å². The zero-order chi connectivity index (χ0) is 15.0. The maximum Gasteiger partial charge on any atom is 0.420 e. The number of ketones is 1. The lowest BCUT2D eigenvalue weighted by molar-refractivity contribution is 0.0899. The van der Waals surface area contributed by atoms with Gasteiger partial charge in [0.05, 0.1) is 5.52 Å².